The third kappa shape index (κ3) is 3.90. The largest absolute Gasteiger partial charge is 0.548 e. The van der Waals surface area contributed by atoms with Gasteiger partial charge in [0.2, 0.25) is 5.91 Å². The molecule has 0 radical (unpaired) electrons. The summed E-state index contributed by atoms with van der Waals surface area (Å²) < 4.78 is 11.1. The Hall–Kier alpha value is -3.09. The van der Waals surface area contributed by atoms with Crippen LogP contribution in [0.3, 0.4) is 0 Å². The maximum Gasteiger partial charge on any atom is 0.340 e. The minimum Gasteiger partial charge on any atom is -0.548 e. The molecule has 0 bridgehead atoms. The molecule has 3 rings (SSSR count). The van der Waals surface area contributed by atoms with E-state index in [-0.39, 0.29) is 24.3 Å². The SMILES string of the molecule is Cc1coc2c(C)c3oc(=O)c(CC(=O)N[C@@H](CC(C)C)C(=O)[O-])c(C)c3cc12. The highest BCUT2D eigenvalue weighted by molar-refractivity contribution is 6.00. The monoisotopic (exact) mass is 398 g/mol. The van der Waals surface area contributed by atoms with E-state index >= 15 is 0 Å². The van der Waals surface area contributed by atoms with E-state index in [1.54, 1.807) is 13.2 Å². The van der Waals surface area contributed by atoms with Crippen LogP contribution in [0.2, 0.25) is 0 Å². The molecule has 29 heavy (non-hydrogen) atoms. The van der Waals surface area contributed by atoms with Crippen LogP contribution in [-0.2, 0) is 16.0 Å². The Balaban J connectivity index is 2.00. The number of carboxylic acids is 1. The predicted octanol–water partition coefficient (Wildman–Crippen LogP) is 2.29. The van der Waals surface area contributed by atoms with Crippen LogP contribution in [-0.4, -0.2) is 17.9 Å². The molecule has 0 aliphatic carbocycles. The zero-order valence-corrected chi connectivity index (χ0v) is 17.2. The predicted molar refractivity (Wildman–Crippen MR) is 107 cm³/mol. The lowest BCUT2D eigenvalue weighted by Crippen LogP contribution is -2.49. The van der Waals surface area contributed by atoms with Crippen molar-refractivity contribution in [3.63, 3.8) is 0 Å². The number of amides is 1. The van der Waals surface area contributed by atoms with Gasteiger partial charge in [0, 0.05) is 16.3 Å². The first-order valence-electron chi connectivity index (χ1n) is 9.54. The molecule has 2 aromatic heterocycles. The van der Waals surface area contributed by atoms with Crippen molar-refractivity contribution >= 4 is 33.8 Å². The van der Waals surface area contributed by atoms with Crippen molar-refractivity contribution in [2.75, 3.05) is 0 Å². The topological polar surface area (TPSA) is 113 Å². The van der Waals surface area contributed by atoms with Crippen LogP contribution in [0.1, 0.15) is 42.5 Å². The van der Waals surface area contributed by atoms with Crippen molar-refractivity contribution in [3.05, 3.63) is 45.0 Å². The Bertz CT molecular complexity index is 1170. The van der Waals surface area contributed by atoms with Crippen molar-refractivity contribution in [2.45, 2.75) is 53.5 Å². The fraction of sp³-hybridized carbons (Fsp3) is 0.409. The number of aliphatic carboxylic acids is 1. The number of hydrogen-bond donors (Lipinski definition) is 1. The van der Waals surface area contributed by atoms with Crippen LogP contribution in [0.15, 0.2) is 26.0 Å². The van der Waals surface area contributed by atoms with E-state index < -0.39 is 23.5 Å². The number of fused-ring (bicyclic) bond motifs is 2. The number of aryl methyl sites for hydroxylation is 3. The van der Waals surface area contributed by atoms with Crippen LogP contribution in [0.4, 0.5) is 0 Å². The van der Waals surface area contributed by atoms with E-state index in [0.717, 1.165) is 21.9 Å². The highest BCUT2D eigenvalue weighted by Crippen LogP contribution is 2.32. The first kappa shape index (κ1) is 20.6. The summed E-state index contributed by atoms with van der Waals surface area (Å²) in [5.74, 6) is -1.84. The van der Waals surface area contributed by atoms with E-state index in [1.807, 2.05) is 33.8 Å². The molecule has 154 valence electrons. The standard InChI is InChI=1S/C22H25NO6/c1-10(2)6-17(21(25)26)23-18(24)8-16-12(4)15-7-14-11(3)9-28-19(14)13(5)20(15)29-22(16)27/h7,9-10,17H,6,8H2,1-5H3,(H,23,24)(H,25,26)/p-1/t17-/m0/s1. The van der Waals surface area contributed by atoms with Gasteiger partial charge in [-0.3, -0.25) is 4.79 Å². The van der Waals surface area contributed by atoms with Crippen LogP contribution < -0.4 is 16.0 Å². The second-order valence-electron chi connectivity index (χ2n) is 7.91. The zero-order chi connectivity index (χ0) is 21.5. The summed E-state index contributed by atoms with van der Waals surface area (Å²) in [4.78, 5) is 36.3. The van der Waals surface area contributed by atoms with E-state index in [4.69, 9.17) is 8.83 Å². The third-order valence-electron chi connectivity index (χ3n) is 5.20. The van der Waals surface area contributed by atoms with Gasteiger partial charge in [0.05, 0.1) is 30.3 Å². The smallest absolute Gasteiger partial charge is 0.340 e. The summed E-state index contributed by atoms with van der Waals surface area (Å²) in [7, 11) is 0. The molecule has 1 aromatic carbocycles. The van der Waals surface area contributed by atoms with Gasteiger partial charge in [0.1, 0.15) is 11.2 Å². The highest BCUT2D eigenvalue weighted by atomic mass is 16.4. The number of carbonyl (C=O) groups is 2. The maximum absolute atomic E-state index is 12.6. The molecule has 2 heterocycles. The van der Waals surface area contributed by atoms with Gasteiger partial charge >= 0.3 is 5.63 Å². The number of furan rings is 1. The van der Waals surface area contributed by atoms with E-state index in [9.17, 15) is 19.5 Å². The van der Waals surface area contributed by atoms with E-state index in [2.05, 4.69) is 5.32 Å². The summed E-state index contributed by atoms with van der Waals surface area (Å²) in [5.41, 5.74) is 2.97. The molecule has 0 unspecified atom stereocenters. The van der Waals surface area contributed by atoms with Gasteiger partial charge in [-0.1, -0.05) is 13.8 Å². The van der Waals surface area contributed by atoms with Gasteiger partial charge < -0.3 is 24.1 Å². The highest BCUT2D eigenvalue weighted by Gasteiger charge is 2.21. The van der Waals surface area contributed by atoms with Gasteiger partial charge in [0.15, 0.2) is 0 Å². The van der Waals surface area contributed by atoms with Gasteiger partial charge in [-0.15, -0.1) is 0 Å². The quantitative estimate of drug-likeness (QED) is 0.638. The Morgan fingerprint density at radius 3 is 2.41 bits per heavy atom. The van der Waals surface area contributed by atoms with E-state index in [0.29, 0.717) is 16.7 Å². The van der Waals surface area contributed by atoms with Crippen LogP contribution in [0, 0.1) is 26.7 Å². The minimum absolute atomic E-state index is 0.0641. The minimum atomic E-state index is -1.34. The number of carboxylic acid groups (broad SMARTS) is 1. The summed E-state index contributed by atoms with van der Waals surface area (Å²) in [6.45, 7) is 9.20. The van der Waals surface area contributed by atoms with Gasteiger partial charge in [-0.05, 0) is 50.3 Å². The summed E-state index contributed by atoms with van der Waals surface area (Å²) in [6.07, 6.45) is 1.62. The molecule has 0 aliphatic rings. The second-order valence-corrected chi connectivity index (χ2v) is 7.91. The molecular weight excluding hydrogens is 374 g/mol. The Kier molecular flexibility index (Phi) is 5.50. The van der Waals surface area contributed by atoms with Crippen LogP contribution in [0.25, 0.3) is 21.9 Å². The molecule has 0 saturated carbocycles. The van der Waals surface area contributed by atoms with Crippen molar-refractivity contribution in [2.24, 2.45) is 5.92 Å². The van der Waals surface area contributed by atoms with Crippen molar-refractivity contribution in [3.8, 4) is 0 Å². The number of rotatable bonds is 6. The number of nitrogens with one attached hydrogen (secondary N) is 1. The number of benzene rings is 1. The zero-order valence-electron chi connectivity index (χ0n) is 17.2. The van der Waals surface area contributed by atoms with Gasteiger partial charge in [-0.2, -0.15) is 0 Å². The average Bonchev–Trinajstić information content (AvgIpc) is 3.00. The molecule has 7 heteroatoms. The van der Waals surface area contributed by atoms with Gasteiger partial charge in [-0.25, -0.2) is 4.79 Å². The normalized spacial score (nSPS) is 12.6. The van der Waals surface area contributed by atoms with Gasteiger partial charge in [0.25, 0.3) is 0 Å². The van der Waals surface area contributed by atoms with Crippen LogP contribution >= 0.6 is 0 Å². The molecule has 1 N–H and O–H groups in total. The first-order chi connectivity index (χ1) is 13.6. The first-order valence-corrected chi connectivity index (χ1v) is 9.54. The molecule has 7 nitrogen and oxygen atoms in total. The van der Waals surface area contributed by atoms with Crippen molar-refractivity contribution in [1.82, 2.24) is 5.32 Å². The molecule has 3 aromatic rings. The summed E-state index contributed by atoms with van der Waals surface area (Å²) in [6, 6.07) is 0.782. The fourth-order valence-electron chi connectivity index (χ4n) is 3.61. The molecule has 0 aliphatic heterocycles. The lowest BCUT2D eigenvalue weighted by Gasteiger charge is -2.21. The summed E-state index contributed by atoms with van der Waals surface area (Å²) in [5, 5.41) is 15.4. The average molecular weight is 398 g/mol. The lowest BCUT2D eigenvalue weighted by molar-refractivity contribution is -0.308. The van der Waals surface area contributed by atoms with Crippen molar-refractivity contribution in [1.29, 1.82) is 0 Å². The number of hydrogen-bond acceptors (Lipinski definition) is 6. The van der Waals surface area contributed by atoms with E-state index in [1.165, 1.54) is 0 Å². The molecule has 0 fully saturated rings. The summed E-state index contributed by atoms with van der Waals surface area (Å²) >= 11 is 0. The molecule has 0 saturated heterocycles. The van der Waals surface area contributed by atoms with Crippen molar-refractivity contribution < 1.29 is 23.5 Å². The fourth-order valence-corrected chi connectivity index (χ4v) is 3.61. The second kappa shape index (κ2) is 7.73. The Morgan fingerprint density at radius 1 is 1.10 bits per heavy atom. The Morgan fingerprint density at radius 2 is 1.79 bits per heavy atom. The Labute approximate surface area is 167 Å². The molecular formula is C22H24NO6-. The molecule has 0 spiro atoms. The lowest BCUT2D eigenvalue weighted by atomic mass is 9.98. The number of carbonyl (C=O) groups excluding carboxylic acids is 2. The maximum atomic E-state index is 12.6. The third-order valence-corrected chi connectivity index (χ3v) is 5.20. The van der Waals surface area contributed by atoms with Crippen LogP contribution in [0.5, 0.6) is 0 Å². The molecule has 1 atom stereocenters. The molecule has 1 amide bonds.